The molecule has 1 amide bonds. The van der Waals surface area contributed by atoms with Gasteiger partial charge in [-0.3, -0.25) is 9.78 Å². The molecule has 0 aliphatic rings. The summed E-state index contributed by atoms with van der Waals surface area (Å²) < 4.78 is 38.1. The third kappa shape index (κ3) is 4.20. The number of carbonyl (C=O) groups is 1. The molecule has 1 unspecified atom stereocenters. The molecule has 11 heteroatoms. The van der Waals surface area contributed by atoms with Gasteiger partial charge in [-0.15, -0.1) is 0 Å². The smallest absolute Gasteiger partial charge is 0.255 e. The quantitative estimate of drug-likeness (QED) is 0.460. The summed E-state index contributed by atoms with van der Waals surface area (Å²) in [6, 6.07) is 8.28. The van der Waals surface area contributed by atoms with Gasteiger partial charge >= 0.3 is 0 Å². The van der Waals surface area contributed by atoms with Crippen molar-refractivity contribution < 1.29 is 17.6 Å². The number of aromatic nitrogens is 4. The van der Waals surface area contributed by atoms with Gasteiger partial charge in [-0.2, -0.15) is 5.10 Å². The van der Waals surface area contributed by atoms with Crippen LogP contribution in [0.5, 0.6) is 0 Å². The van der Waals surface area contributed by atoms with Crippen molar-refractivity contribution in [3.05, 3.63) is 78.1 Å². The van der Waals surface area contributed by atoms with Gasteiger partial charge in [0.15, 0.2) is 5.03 Å². The Kier molecular flexibility index (Phi) is 5.68. The highest BCUT2D eigenvalue weighted by Crippen LogP contribution is 2.23. The summed E-state index contributed by atoms with van der Waals surface area (Å²) in [6.07, 6.45) is 6.38. The van der Waals surface area contributed by atoms with Crippen LogP contribution in [0.4, 0.5) is 4.39 Å². The molecular formula is C21H19FN6O3S. The molecule has 32 heavy (non-hydrogen) atoms. The van der Waals surface area contributed by atoms with Crippen LogP contribution in [0.25, 0.3) is 16.6 Å². The number of hydrogen-bond donors (Lipinski definition) is 2. The van der Waals surface area contributed by atoms with Crippen molar-refractivity contribution in [3.63, 3.8) is 0 Å². The van der Waals surface area contributed by atoms with E-state index in [4.69, 9.17) is 5.14 Å². The third-order valence-corrected chi connectivity index (χ3v) is 5.79. The molecule has 0 fully saturated rings. The molecular weight excluding hydrogens is 435 g/mol. The number of hydrogen-bond acceptors (Lipinski definition) is 6. The minimum Gasteiger partial charge on any atom is -0.345 e. The predicted molar refractivity (Wildman–Crippen MR) is 115 cm³/mol. The Hall–Kier alpha value is -3.70. The maximum absolute atomic E-state index is 13.3. The van der Waals surface area contributed by atoms with Crippen LogP contribution in [0.2, 0.25) is 0 Å². The van der Waals surface area contributed by atoms with Crippen molar-refractivity contribution in [3.8, 4) is 5.69 Å². The van der Waals surface area contributed by atoms with Gasteiger partial charge in [0.25, 0.3) is 15.9 Å². The van der Waals surface area contributed by atoms with E-state index < -0.39 is 22.0 Å². The standard InChI is InChI=1S/C21H19FN6O3S/c1-2-18(13-7-8-25-20(9-13)32(23,30)31)27-21(29)17-10-24-12-19-16(17)11-26-28(19)15-5-3-14(22)4-6-15/h3-12,18H,2H2,1H3,(H,27,29)(H2,23,30,31). The molecule has 3 aromatic heterocycles. The van der Waals surface area contributed by atoms with Crippen LogP contribution in [-0.4, -0.2) is 34.1 Å². The van der Waals surface area contributed by atoms with Crippen LogP contribution in [0.3, 0.4) is 0 Å². The van der Waals surface area contributed by atoms with Crippen LogP contribution < -0.4 is 10.5 Å². The zero-order valence-corrected chi connectivity index (χ0v) is 17.8. The minimum atomic E-state index is -3.97. The number of pyridine rings is 2. The molecule has 164 valence electrons. The molecule has 0 saturated carbocycles. The second-order valence-corrected chi connectivity index (χ2v) is 8.57. The van der Waals surface area contributed by atoms with Crippen LogP contribution in [0.15, 0.2) is 66.2 Å². The Morgan fingerprint density at radius 1 is 1.19 bits per heavy atom. The molecule has 1 atom stereocenters. The number of halogens is 1. The molecule has 0 aliphatic carbocycles. The SMILES string of the molecule is CCC(NC(=O)c1cncc2c1cnn2-c1ccc(F)cc1)c1ccnc(S(N)(=O)=O)c1. The fraction of sp³-hybridized carbons (Fsp3) is 0.143. The maximum atomic E-state index is 13.3. The van der Waals surface area contributed by atoms with Gasteiger partial charge in [-0.25, -0.2) is 27.6 Å². The van der Waals surface area contributed by atoms with Crippen LogP contribution in [0.1, 0.15) is 35.3 Å². The Morgan fingerprint density at radius 2 is 1.94 bits per heavy atom. The zero-order valence-electron chi connectivity index (χ0n) is 16.9. The first-order valence-corrected chi connectivity index (χ1v) is 11.2. The number of primary sulfonamides is 1. The summed E-state index contributed by atoms with van der Waals surface area (Å²) in [7, 11) is -3.97. The molecule has 0 saturated heterocycles. The highest BCUT2D eigenvalue weighted by atomic mass is 32.2. The van der Waals surface area contributed by atoms with Gasteiger partial charge in [0.2, 0.25) is 0 Å². The third-order valence-electron chi connectivity index (χ3n) is 4.98. The Labute approximate surface area is 183 Å². The summed E-state index contributed by atoms with van der Waals surface area (Å²) in [5.41, 5.74) is 2.06. The lowest BCUT2D eigenvalue weighted by molar-refractivity contribution is 0.0937. The lowest BCUT2D eigenvalue weighted by Crippen LogP contribution is -2.28. The fourth-order valence-corrected chi connectivity index (χ4v) is 3.87. The average molecular weight is 454 g/mol. The van der Waals surface area contributed by atoms with E-state index in [0.717, 1.165) is 0 Å². The molecule has 3 N–H and O–H groups in total. The van der Waals surface area contributed by atoms with E-state index in [1.807, 2.05) is 6.92 Å². The van der Waals surface area contributed by atoms with E-state index in [1.54, 1.807) is 35.3 Å². The molecule has 0 spiro atoms. The van der Waals surface area contributed by atoms with Gasteiger partial charge in [0.1, 0.15) is 5.82 Å². The van der Waals surface area contributed by atoms with Gasteiger partial charge in [-0.05, 0) is 48.4 Å². The molecule has 4 aromatic rings. The van der Waals surface area contributed by atoms with Crippen LogP contribution in [-0.2, 0) is 10.0 Å². The van der Waals surface area contributed by atoms with Gasteiger partial charge < -0.3 is 5.32 Å². The minimum absolute atomic E-state index is 0.271. The molecule has 3 heterocycles. The van der Waals surface area contributed by atoms with E-state index in [-0.39, 0.29) is 10.8 Å². The zero-order chi connectivity index (χ0) is 22.9. The van der Waals surface area contributed by atoms with Gasteiger partial charge in [0.05, 0.1) is 35.2 Å². The van der Waals surface area contributed by atoms with Crippen LogP contribution >= 0.6 is 0 Å². The number of nitrogens with zero attached hydrogens (tertiary/aromatic N) is 4. The predicted octanol–water partition coefficient (Wildman–Crippen LogP) is 2.48. The molecule has 1 aromatic carbocycles. The monoisotopic (exact) mass is 454 g/mol. The van der Waals surface area contributed by atoms with Crippen LogP contribution in [0, 0.1) is 5.82 Å². The molecule has 0 aliphatic heterocycles. The van der Waals surface area contributed by atoms with Crippen molar-refractivity contribution >= 4 is 26.8 Å². The number of carbonyl (C=O) groups excluding carboxylic acids is 1. The first-order chi connectivity index (χ1) is 15.3. The van der Waals surface area contributed by atoms with Gasteiger partial charge in [-0.1, -0.05) is 6.92 Å². The summed E-state index contributed by atoms with van der Waals surface area (Å²) >= 11 is 0. The van der Waals surface area contributed by atoms with E-state index in [9.17, 15) is 17.6 Å². The van der Waals surface area contributed by atoms with Gasteiger partial charge in [0, 0.05) is 17.8 Å². The number of amides is 1. The second-order valence-electron chi connectivity index (χ2n) is 7.06. The Balaban J connectivity index is 1.66. The Morgan fingerprint density at radius 3 is 2.62 bits per heavy atom. The summed E-state index contributed by atoms with van der Waals surface area (Å²) in [5.74, 6) is -0.765. The maximum Gasteiger partial charge on any atom is 0.255 e. The highest BCUT2D eigenvalue weighted by molar-refractivity contribution is 7.89. The highest BCUT2D eigenvalue weighted by Gasteiger charge is 2.20. The topological polar surface area (TPSA) is 133 Å². The second kappa shape index (κ2) is 8.44. The van der Waals surface area contributed by atoms with Crippen molar-refractivity contribution in [1.29, 1.82) is 0 Å². The average Bonchev–Trinajstić information content (AvgIpc) is 3.21. The summed E-state index contributed by atoms with van der Waals surface area (Å²) in [6.45, 7) is 1.85. The van der Waals surface area contributed by atoms with E-state index in [2.05, 4.69) is 20.4 Å². The largest absolute Gasteiger partial charge is 0.345 e. The number of sulfonamides is 1. The van der Waals surface area contributed by atoms with Crippen molar-refractivity contribution in [2.45, 2.75) is 24.4 Å². The molecule has 0 bridgehead atoms. The molecule has 9 nitrogen and oxygen atoms in total. The molecule has 4 rings (SSSR count). The first-order valence-electron chi connectivity index (χ1n) is 9.65. The normalized spacial score (nSPS) is 12.6. The van der Waals surface area contributed by atoms with Crippen molar-refractivity contribution in [1.82, 2.24) is 25.1 Å². The van der Waals surface area contributed by atoms with E-state index >= 15 is 0 Å². The number of rotatable bonds is 6. The lowest BCUT2D eigenvalue weighted by Gasteiger charge is -2.18. The lowest BCUT2D eigenvalue weighted by atomic mass is 10.1. The first kappa shape index (κ1) is 21.5. The molecule has 0 radical (unpaired) electrons. The number of fused-ring (bicyclic) bond motifs is 1. The van der Waals surface area contributed by atoms with Crippen molar-refractivity contribution in [2.75, 3.05) is 0 Å². The summed E-state index contributed by atoms with van der Waals surface area (Å²) in [4.78, 5) is 21.0. The summed E-state index contributed by atoms with van der Waals surface area (Å²) in [5, 5.41) is 12.7. The Bertz CT molecular complexity index is 1400. The number of nitrogens with two attached hydrogens (primary N) is 1. The fourth-order valence-electron chi connectivity index (χ4n) is 3.36. The van der Waals surface area contributed by atoms with E-state index in [0.29, 0.717) is 34.1 Å². The number of benzene rings is 1. The van der Waals surface area contributed by atoms with E-state index in [1.165, 1.54) is 30.6 Å². The van der Waals surface area contributed by atoms with Crippen molar-refractivity contribution in [2.24, 2.45) is 5.14 Å². The number of nitrogens with one attached hydrogen (secondary N) is 1.